The molecule has 0 atom stereocenters. The lowest BCUT2D eigenvalue weighted by Gasteiger charge is -1.90. The molecule has 52 valence electrons. The minimum atomic E-state index is 0.678. The lowest BCUT2D eigenvalue weighted by molar-refractivity contribution is 0.471. The molecular weight excluding hydrogens is 128 g/mol. The number of aliphatic hydroxyl groups excluding tert-OH is 1. The monoisotopic (exact) mass is 136 g/mol. The number of rotatable bonds is 2. The number of aromatic nitrogens is 2. The molecular formula is C7H8N2O. The predicted octanol–water partition coefficient (Wildman–Crippen LogP) is 1.09. The molecule has 0 aliphatic carbocycles. The van der Waals surface area contributed by atoms with E-state index in [-0.39, 0.29) is 0 Å². The van der Waals surface area contributed by atoms with Crippen molar-refractivity contribution in [3.8, 4) is 0 Å². The van der Waals surface area contributed by atoms with Gasteiger partial charge in [-0.25, -0.2) is 9.97 Å². The molecule has 0 aliphatic rings. The van der Waals surface area contributed by atoms with Crippen LogP contribution in [-0.2, 0) is 6.42 Å². The van der Waals surface area contributed by atoms with E-state index in [9.17, 15) is 0 Å². The lowest BCUT2D eigenvalue weighted by Crippen LogP contribution is -1.83. The van der Waals surface area contributed by atoms with Gasteiger partial charge in [0.25, 0.3) is 0 Å². The van der Waals surface area contributed by atoms with Crippen molar-refractivity contribution in [2.45, 2.75) is 6.42 Å². The zero-order chi connectivity index (χ0) is 7.23. The van der Waals surface area contributed by atoms with Crippen LogP contribution in [0.25, 0.3) is 0 Å². The molecule has 3 heteroatoms. The van der Waals surface area contributed by atoms with Crippen LogP contribution in [0.2, 0.25) is 0 Å². The van der Waals surface area contributed by atoms with Gasteiger partial charge < -0.3 is 5.11 Å². The molecule has 0 saturated carbocycles. The van der Waals surface area contributed by atoms with E-state index in [0.717, 1.165) is 11.8 Å². The molecule has 0 amide bonds. The Bertz CT molecular complexity index is 208. The first-order valence-corrected chi connectivity index (χ1v) is 2.96. The maximum absolute atomic E-state index is 8.31. The summed E-state index contributed by atoms with van der Waals surface area (Å²) in [5, 5.41) is 8.31. The molecule has 3 nitrogen and oxygen atoms in total. The number of hydrogen-bond acceptors (Lipinski definition) is 3. The lowest BCUT2D eigenvalue weighted by atomic mass is 10.2. The highest BCUT2D eigenvalue weighted by Crippen LogP contribution is 1.93. The molecule has 0 radical (unpaired) electrons. The Labute approximate surface area is 59.1 Å². The second kappa shape index (κ2) is 3.61. The zero-order valence-electron chi connectivity index (χ0n) is 5.44. The van der Waals surface area contributed by atoms with Crippen molar-refractivity contribution >= 4 is 0 Å². The Hall–Kier alpha value is -1.38. The summed E-state index contributed by atoms with van der Waals surface area (Å²) in [4.78, 5) is 7.62. The summed E-state index contributed by atoms with van der Waals surface area (Å²) in [5.41, 5.74) is 0.993. The van der Waals surface area contributed by atoms with Crippen molar-refractivity contribution in [1.82, 2.24) is 9.97 Å². The largest absolute Gasteiger partial charge is 0.516 e. The molecule has 0 aliphatic heterocycles. The van der Waals surface area contributed by atoms with Gasteiger partial charge in [0.2, 0.25) is 0 Å². The van der Waals surface area contributed by atoms with Crippen molar-refractivity contribution in [2.75, 3.05) is 0 Å². The zero-order valence-corrected chi connectivity index (χ0v) is 5.44. The third kappa shape index (κ3) is 1.85. The van der Waals surface area contributed by atoms with Gasteiger partial charge in [0.15, 0.2) is 0 Å². The standard InChI is InChI=1S/C7H8N2O/c10-3-1-2-7-4-8-6-9-5-7/h1,3-6,10H,2H2. The highest BCUT2D eigenvalue weighted by Gasteiger charge is 1.85. The van der Waals surface area contributed by atoms with E-state index in [1.54, 1.807) is 18.5 Å². The maximum atomic E-state index is 8.31. The van der Waals surface area contributed by atoms with Gasteiger partial charge >= 0.3 is 0 Å². The Kier molecular flexibility index (Phi) is 2.43. The first-order valence-electron chi connectivity index (χ1n) is 2.96. The third-order valence-electron chi connectivity index (χ3n) is 1.07. The van der Waals surface area contributed by atoms with Gasteiger partial charge in [0.05, 0.1) is 6.26 Å². The van der Waals surface area contributed by atoms with Crippen molar-refractivity contribution < 1.29 is 5.11 Å². The van der Waals surface area contributed by atoms with Crippen LogP contribution in [0, 0.1) is 0 Å². The first-order chi connectivity index (χ1) is 4.93. The highest BCUT2D eigenvalue weighted by molar-refractivity contribution is 5.06. The van der Waals surface area contributed by atoms with Crippen molar-refractivity contribution in [2.24, 2.45) is 0 Å². The highest BCUT2D eigenvalue weighted by atomic mass is 16.2. The van der Waals surface area contributed by atoms with Gasteiger partial charge in [0.1, 0.15) is 6.33 Å². The van der Waals surface area contributed by atoms with E-state index in [4.69, 9.17) is 5.11 Å². The van der Waals surface area contributed by atoms with Crippen LogP contribution in [-0.4, -0.2) is 15.1 Å². The Morgan fingerprint density at radius 2 is 2.10 bits per heavy atom. The van der Waals surface area contributed by atoms with E-state index in [0.29, 0.717) is 6.42 Å². The minimum absolute atomic E-state index is 0.678. The van der Waals surface area contributed by atoms with Crippen LogP contribution >= 0.6 is 0 Å². The second-order valence-electron chi connectivity index (χ2n) is 1.84. The summed E-state index contributed by atoms with van der Waals surface area (Å²) in [6, 6.07) is 0. The molecule has 10 heavy (non-hydrogen) atoms. The summed E-state index contributed by atoms with van der Waals surface area (Å²) in [6.45, 7) is 0. The van der Waals surface area contributed by atoms with Gasteiger partial charge in [-0.2, -0.15) is 0 Å². The van der Waals surface area contributed by atoms with Crippen LogP contribution in [0.15, 0.2) is 31.1 Å². The topological polar surface area (TPSA) is 46.0 Å². The maximum Gasteiger partial charge on any atom is 0.115 e. The molecule has 0 fully saturated rings. The van der Waals surface area contributed by atoms with Crippen LogP contribution in [0.4, 0.5) is 0 Å². The van der Waals surface area contributed by atoms with Crippen molar-refractivity contribution in [1.29, 1.82) is 0 Å². The average Bonchev–Trinajstić information content (AvgIpc) is 2.03. The number of nitrogens with zero attached hydrogens (tertiary/aromatic N) is 2. The molecule has 0 bridgehead atoms. The smallest absolute Gasteiger partial charge is 0.115 e. The summed E-state index contributed by atoms with van der Waals surface area (Å²) in [6.07, 6.45) is 8.25. The Balaban J connectivity index is 2.59. The number of hydrogen-bond donors (Lipinski definition) is 1. The molecule has 0 unspecified atom stereocenters. The Morgan fingerprint density at radius 3 is 2.70 bits per heavy atom. The SMILES string of the molecule is OC=CCc1cncnc1. The second-order valence-corrected chi connectivity index (χ2v) is 1.84. The van der Waals surface area contributed by atoms with Gasteiger partial charge in [0, 0.05) is 12.4 Å². The molecule has 1 rings (SSSR count). The van der Waals surface area contributed by atoms with Crippen LogP contribution in [0.5, 0.6) is 0 Å². The molecule has 1 N–H and O–H groups in total. The third-order valence-corrected chi connectivity index (χ3v) is 1.07. The quantitative estimate of drug-likeness (QED) is 0.619. The van der Waals surface area contributed by atoms with Crippen molar-refractivity contribution in [3.63, 3.8) is 0 Å². The summed E-state index contributed by atoms with van der Waals surface area (Å²) < 4.78 is 0. The molecule has 1 aromatic heterocycles. The fourth-order valence-corrected chi connectivity index (χ4v) is 0.624. The van der Waals surface area contributed by atoms with E-state index >= 15 is 0 Å². The fraction of sp³-hybridized carbons (Fsp3) is 0.143. The molecule has 0 saturated heterocycles. The molecule has 0 spiro atoms. The minimum Gasteiger partial charge on any atom is -0.516 e. The van der Waals surface area contributed by atoms with Gasteiger partial charge in [-0.1, -0.05) is 0 Å². The van der Waals surface area contributed by atoms with E-state index < -0.39 is 0 Å². The number of aliphatic hydroxyl groups is 1. The van der Waals surface area contributed by atoms with Gasteiger partial charge in [-0.15, -0.1) is 0 Å². The number of allylic oxidation sites excluding steroid dienone is 1. The Morgan fingerprint density at radius 1 is 1.40 bits per heavy atom. The molecule has 0 aromatic carbocycles. The normalized spacial score (nSPS) is 10.4. The predicted molar refractivity (Wildman–Crippen MR) is 37.5 cm³/mol. The van der Waals surface area contributed by atoms with Gasteiger partial charge in [-0.05, 0) is 18.1 Å². The average molecular weight is 136 g/mol. The summed E-state index contributed by atoms with van der Waals surface area (Å²) >= 11 is 0. The van der Waals surface area contributed by atoms with Crippen LogP contribution in [0.1, 0.15) is 5.56 Å². The molecule has 1 aromatic rings. The summed E-state index contributed by atoms with van der Waals surface area (Å²) in [7, 11) is 0. The van der Waals surface area contributed by atoms with E-state index in [1.165, 1.54) is 6.33 Å². The fourth-order valence-electron chi connectivity index (χ4n) is 0.624. The summed E-state index contributed by atoms with van der Waals surface area (Å²) in [5.74, 6) is 0. The molecule has 1 heterocycles. The van der Waals surface area contributed by atoms with Crippen molar-refractivity contribution in [3.05, 3.63) is 36.6 Å². The van der Waals surface area contributed by atoms with Gasteiger partial charge in [-0.3, -0.25) is 0 Å². The van der Waals surface area contributed by atoms with E-state index in [1.807, 2.05) is 0 Å². The van der Waals surface area contributed by atoms with E-state index in [2.05, 4.69) is 9.97 Å². The first kappa shape index (κ1) is 6.74. The van der Waals surface area contributed by atoms with Crippen LogP contribution < -0.4 is 0 Å². The van der Waals surface area contributed by atoms with Crippen LogP contribution in [0.3, 0.4) is 0 Å².